The second kappa shape index (κ2) is 11.1. The molecule has 0 spiro atoms. The van der Waals surface area contributed by atoms with E-state index >= 15 is 0 Å². The molecular formula is C22H28F3N3O4. The number of alkyl halides is 3. The van der Waals surface area contributed by atoms with Crippen molar-refractivity contribution < 1.29 is 32.7 Å². The van der Waals surface area contributed by atoms with Crippen LogP contribution in [0.1, 0.15) is 37.8 Å². The molecule has 2 atom stereocenters. The number of nitrogens with zero attached hydrogens (tertiary/aromatic N) is 1. The molecule has 1 fully saturated rings. The highest BCUT2D eigenvalue weighted by Gasteiger charge is 2.38. The van der Waals surface area contributed by atoms with Gasteiger partial charge in [0, 0.05) is 25.2 Å². The van der Waals surface area contributed by atoms with Crippen molar-refractivity contribution in [2.45, 2.75) is 58.0 Å². The molecule has 0 radical (unpaired) electrons. The Labute approximate surface area is 184 Å². The average molecular weight is 455 g/mol. The predicted molar refractivity (Wildman–Crippen MR) is 111 cm³/mol. The third kappa shape index (κ3) is 7.67. The topological polar surface area (TPSA) is 98.7 Å². The first-order chi connectivity index (χ1) is 15.0. The predicted octanol–water partition coefficient (Wildman–Crippen LogP) is 2.61. The second-order valence-corrected chi connectivity index (χ2v) is 8.17. The maximum atomic E-state index is 12.5. The van der Waals surface area contributed by atoms with Gasteiger partial charge in [0.15, 0.2) is 0 Å². The van der Waals surface area contributed by atoms with Crippen LogP contribution in [0.15, 0.2) is 36.4 Å². The zero-order valence-electron chi connectivity index (χ0n) is 18.0. The van der Waals surface area contributed by atoms with Crippen molar-refractivity contribution in [3.8, 4) is 0 Å². The molecule has 1 saturated heterocycles. The van der Waals surface area contributed by atoms with Crippen LogP contribution >= 0.6 is 0 Å². The minimum atomic E-state index is -5.08. The van der Waals surface area contributed by atoms with E-state index in [9.17, 15) is 22.8 Å². The van der Waals surface area contributed by atoms with Gasteiger partial charge in [-0.3, -0.25) is 9.59 Å². The van der Waals surface area contributed by atoms with E-state index in [1.54, 1.807) is 6.08 Å². The van der Waals surface area contributed by atoms with Crippen LogP contribution in [0.2, 0.25) is 0 Å². The van der Waals surface area contributed by atoms with Crippen LogP contribution < -0.4 is 10.6 Å². The van der Waals surface area contributed by atoms with E-state index in [2.05, 4.69) is 36.6 Å². The lowest BCUT2D eigenvalue weighted by atomic mass is 10.0. The Morgan fingerprint density at radius 3 is 2.16 bits per heavy atom. The van der Waals surface area contributed by atoms with Crippen molar-refractivity contribution in [1.82, 2.24) is 15.5 Å². The minimum Gasteiger partial charge on any atom is -0.475 e. The van der Waals surface area contributed by atoms with E-state index in [4.69, 9.17) is 9.90 Å². The molecule has 1 aromatic carbocycles. The summed E-state index contributed by atoms with van der Waals surface area (Å²) in [4.78, 5) is 35.4. The molecule has 176 valence electrons. The molecule has 2 amide bonds. The Morgan fingerprint density at radius 2 is 1.75 bits per heavy atom. The van der Waals surface area contributed by atoms with Gasteiger partial charge in [-0.15, -0.1) is 0 Å². The number of halogens is 3. The molecule has 0 bridgehead atoms. The number of aliphatic carboxylic acids is 1. The lowest BCUT2D eigenvalue weighted by molar-refractivity contribution is -0.192. The summed E-state index contributed by atoms with van der Waals surface area (Å²) in [6, 6.07) is 7.96. The van der Waals surface area contributed by atoms with Gasteiger partial charge in [0.05, 0.1) is 6.04 Å². The minimum absolute atomic E-state index is 0.000902. The molecule has 3 rings (SSSR count). The largest absolute Gasteiger partial charge is 0.490 e. The van der Waals surface area contributed by atoms with Crippen LogP contribution in [-0.2, 0) is 27.5 Å². The van der Waals surface area contributed by atoms with Crippen LogP contribution in [0.4, 0.5) is 13.2 Å². The molecule has 7 nitrogen and oxygen atoms in total. The van der Waals surface area contributed by atoms with Crippen molar-refractivity contribution in [2.75, 3.05) is 6.54 Å². The van der Waals surface area contributed by atoms with Crippen molar-refractivity contribution in [3.63, 3.8) is 0 Å². The maximum Gasteiger partial charge on any atom is 0.490 e. The molecule has 0 saturated carbocycles. The molecule has 2 heterocycles. The maximum absolute atomic E-state index is 12.5. The van der Waals surface area contributed by atoms with Gasteiger partial charge in [0.1, 0.15) is 0 Å². The Kier molecular flexibility index (Phi) is 8.82. The van der Waals surface area contributed by atoms with Crippen LogP contribution in [-0.4, -0.2) is 52.6 Å². The first-order valence-corrected chi connectivity index (χ1v) is 10.3. The quantitative estimate of drug-likeness (QED) is 0.573. The highest BCUT2D eigenvalue weighted by Crippen LogP contribution is 2.22. The van der Waals surface area contributed by atoms with Crippen LogP contribution in [0.25, 0.3) is 0 Å². The zero-order valence-corrected chi connectivity index (χ0v) is 18.0. The standard InChI is InChI=1S/C20H27N3O2.C2HF3O2/c1-14(2)11-17(22-20(25)18-9-10-21-18)7-8-19(24)23-12-15-5-3-4-6-16(15)13-23;3-2(4,5)1(6)7/h3-8,14,17-18,21H,9-13H2,1-2H3,(H,22,25);(H,6,7)/b8-7+;/t17-,18+;/m1./s1. The van der Waals surface area contributed by atoms with E-state index < -0.39 is 12.1 Å². The number of carbonyl (C=O) groups excluding carboxylic acids is 2. The van der Waals surface area contributed by atoms with Crippen molar-refractivity contribution in [3.05, 3.63) is 47.5 Å². The molecule has 0 aliphatic carbocycles. The average Bonchev–Trinajstić information content (AvgIpc) is 3.08. The number of carboxylic acids is 1. The number of hydrogen-bond acceptors (Lipinski definition) is 4. The van der Waals surface area contributed by atoms with Gasteiger partial charge in [0.2, 0.25) is 11.8 Å². The van der Waals surface area contributed by atoms with E-state index in [-0.39, 0.29) is 23.9 Å². The highest BCUT2D eigenvalue weighted by molar-refractivity contribution is 5.88. The first-order valence-electron chi connectivity index (χ1n) is 10.3. The van der Waals surface area contributed by atoms with Gasteiger partial charge in [0.25, 0.3) is 0 Å². The Balaban J connectivity index is 0.000000451. The van der Waals surface area contributed by atoms with E-state index in [1.165, 1.54) is 11.1 Å². The fourth-order valence-electron chi connectivity index (χ4n) is 3.28. The van der Waals surface area contributed by atoms with Gasteiger partial charge in [-0.25, -0.2) is 4.79 Å². The van der Waals surface area contributed by atoms with Gasteiger partial charge in [-0.1, -0.05) is 44.2 Å². The normalized spacial score (nSPS) is 18.4. The SMILES string of the molecule is CC(C)C[C@@H](/C=C/C(=O)N1Cc2ccccc2C1)NC(=O)[C@@H]1CCN1.O=C(O)C(F)(F)F. The number of hydrogen-bond donors (Lipinski definition) is 3. The highest BCUT2D eigenvalue weighted by atomic mass is 19.4. The fraction of sp³-hybridized carbons (Fsp3) is 0.500. The number of benzene rings is 1. The van der Waals surface area contributed by atoms with Crippen LogP contribution in [0.3, 0.4) is 0 Å². The number of rotatable bonds is 6. The Morgan fingerprint density at radius 1 is 1.22 bits per heavy atom. The van der Waals surface area contributed by atoms with Gasteiger partial charge in [-0.2, -0.15) is 13.2 Å². The number of fused-ring (bicyclic) bond motifs is 1. The van der Waals surface area contributed by atoms with Crippen LogP contribution in [0, 0.1) is 5.92 Å². The Bertz CT molecular complexity index is 826. The van der Waals surface area contributed by atoms with Crippen molar-refractivity contribution in [2.24, 2.45) is 5.92 Å². The molecule has 32 heavy (non-hydrogen) atoms. The van der Waals surface area contributed by atoms with Crippen molar-refractivity contribution in [1.29, 1.82) is 0 Å². The molecule has 0 aromatic heterocycles. The number of carbonyl (C=O) groups is 3. The lowest BCUT2D eigenvalue weighted by Crippen LogP contribution is -2.55. The summed E-state index contributed by atoms with van der Waals surface area (Å²) in [7, 11) is 0. The summed E-state index contributed by atoms with van der Waals surface area (Å²) in [6.45, 7) is 6.46. The molecule has 0 unspecified atom stereocenters. The first kappa shape index (κ1) is 25.4. The van der Waals surface area contributed by atoms with E-state index in [0.29, 0.717) is 19.0 Å². The molecular weight excluding hydrogens is 427 g/mol. The molecule has 10 heteroatoms. The summed E-state index contributed by atoms with van der Waals surface area (Å²) >= 11 is 0. The fourth-order valence-corrected chi connectivity index (χ4v) is 3.28. The van der Waals surface area contributed by atoms with Gasteiger partial charge >= 0.3 is 12.1 Å². The smallest absolute Gasteiger partial charge is 0.475 e. The lowest BCUT2D eigenvalue weighted by Gasteiger charge is -2.28. The van der Waals surface area contributed by atoms with E-state index in [0.717, 1.165) is 19.4 Å². The number of nitrogens with one attached hydrogen (secondary N) is 2. The zero-order chi connectivity index (χ0) is 23.9. The summed E-state index contributed by atoms with van der Waals surface area (Å²) < 4.78 is 31.7. The molecule has 2 aliphatic rings. The molecule has 3 N–H and O–H groups in total. The second-order valence-electron chi connectivity index (χ2n) is 8.17. The van der Waals surface area contributed by atoms with Gasteiger partial charge < -0.3 is 20.6 Å². The number of carboxylic acid groups (broad SMARTS) is 1. The molecule has 1 aromatic rings. The number of amides is 2. The molecule has 2 aliphatic heterocycles. The summed E-state index contributed by atoms with van der Waals surface area (Å²) in [5.74, 6) is -2.29. The Hall–Kier alpha value is -2.88. The monoisotopic (exact) mass is 455 g/mol. The van der Waals surface area contributed by atoms with Crippen LogP contribution in [0.5, 0.6) is 0 Å². The van der Waals surface area contributed by atoms with E-state index in [1.807, 2.05) is 23.1 Å². The summed E-state index contributed by atoms with van der Waals surface area (Å²) in [5, 5.41) is 13.3. The third-order valence-corrected chi connectivity index (χ3v) is 5.06. The van der Waals surface area contributed by atoms with Gasteiger partial charge in [-0.05, 0) is 36.4 Å². The summed E-state index contributed by atoms with van der Waals surface area (Å²) in [6.07, 6.45) is 0.0900. The summed E-state index contributed by atoms with van der Waals surface area (Å²) in [5.41, 5.74) is 2.43. The van der Waals surface area contributed by atoms with Crippen molar-refractivity contribution >= 4 is 17.8 Å². The third-order valence-electron chi connectivity index (χ3n) is 5.06.